The normalized spacial score (nSPS) is 10.5. The summed E-state index contributed by atoms with van der Waals surface area (Å²) in [4.78, 5) is 14.6. The first kappa shape index (κ1) is 12.1. The predicted molar refractivity (Wildman–Crippen MR) is 54.9 cm³/mol. The molecule has 0 saturated carbocycles. The number of esters is 1. The number of pyridine rings is 1. The molecule has 1 aromatic rings. The molecule has 0 aliphatic rings. The van der Waals surface area contributed by atoms with E-state index in [1.54, 1.807) is 22.6 Å². The molecule has 0 saturated heterocycles. The van der Waals surface area contributed by atoms with Crippen molar-refractivity contribution >= 4 is 28.6 Å². The van der Waals surface area contributed by atoms with Crippen molar-refractivity contribution in [3.63, 3.8) is 0 Å². The standard InChI is InChI=1S/C8H6F2INO3/c1-15-8(14)5-6(13)4(7(9)10)3(11)2-12-5/h2,7,13H,1H3. The van der Waals surface area contributed by atoms with E-state index in [4.69, 9.17) is 0 Å². The van der Waals surface area contributed by atoms with Crippen LogP contribution in [0.5, 0.6) is 5.75 Å². The Bertz CT molecular complexity index is 398. The van der Waals surface area contributed by atoms with Gasteiger partial charge < -0.3 is 9.84 Å². The molecule has 1 rings (SSSR count). The number of hydrogen-bond acceptors (Lipinski definition) is 4. The van der Waals surface area contributed by atoms with E-state index in [2.05, 4.69) is 9.72 Å². The van der Waals surface area contributed by atoms with Crippen LogP contribution in [0.15, 0.2) is 6.20 Å². The summed E-state index contributed by atoms with van der Waals surface area (Å²) in [5, 5.41) is 9.39. The Kier molecular flexibility index (Phi) is 3.77. The van der Waals surface area contributed by atoms with Gasteiger partial charge in [0.05, 0.1) is 12.7 Å². The summed E-state index contributed by atoms with van der Waals surface area (Å²) < 4.78 is 29.4. The molecule has 7 heteroatoms. The lowest BCUT2D eigenvalue weighted by atomic mass is 10.2. The van der Waals surface area contributed by atoms with Gasteiger partial charge in [0.25, 0.3) is 6.43 Å². The fourth-order valence-corrected chi connectivity index (χ4v) is 1.58. The van der Waals surface area contributed by atoms with Crippen LogP contribution in [0.1, 0.15) is 22.5 Å². The van der Waals surface area contributed by atoms with Crippen molar-refractivity contribution in [3.8, 4) is 5.75 Å². The average Bonchev–Trinajstić information content (AvgIpc) is 2.16. The number of aromatic hydroxyl groups is 1. The molecule has 1 heterocycles. The maximum atomic E-state index is 12.5. The van der Waals surface area contributed by atoms with Crippen molar-refractivity contribution in [3.05, 3.63) is 21.0 Å². The van der Waals surface area contributed by atoms with Gasteiger partial charge >= 0.3 is 5.97 Å². The Morgan fingerprint density at radius 3 is 2.73 bits per heavy atom. The van der Waals surface area contributed by atoms with Crippen molar-refractivity contribution in [2.45, 2.75) is 6.43 Å². The maximum Gasteiger partial charge on any atom is 0.360 e. The zero-order valence-corrected chi connectivity index (χ0v) is 9.66. The van der Waals surface area contributed by atoms with E-state index >= 15 is 0 Å². The summed E-state index contributed by atoms with van der Waals surface area (Å²) in [7, 11) is 1.07. The van der Waals surface area contributed by atoms with Gasteiger partial charge in [0.15, 0.2) is 11.4 Å². The van der Waals surface area contributed by atoms with E-state index in [1.807, 2.05) is 0 Å². The van der Waals surface area contributed by atoms with Crippen LogP contribution >= 0.6 is 22.6 Å². The molecule has 0 amide bonds. The first-order chi connectivity index (χ1) is 6.99. The number of halogens is 3. The SMILES string of the molecule is COC(=O)c1ncc(I)c(C(F)F)c1O. The van der Waals surface area contributed by atoms with Crippen LogP contribution in [0.4, 0.5) is 8.78 Å². The third-order valence-electron chi connectivity index (χ3n) is 1.64. The fourth-order valence-electron chi connectivity index (χ4n) is 0.946. The maximum absolute atomic E-state index is 12.5. The van der Waals surface area contributed by atoms with E-state index in [1.165, 1.54) is 0 Å². The first-order valence-corrected chi connectivity index (χ1v) is 4.80. The van der Waals surface area contributed by atoms with Gasteiger partial charge in [-0.2, -0.15) is 0 Å². The van der Waals surface area contributed by atoms with Crippen molar-refractivity contribution < 1.29 is 23.4 Å². The van der Waals surface area contributed by atoms with Crippen LogP contribution in [-0.2, 0) is 4.74 Å². The fraction of sp³-hybridized carbons (Fsp3) is 0.250. The minimum absolute atomic E-state index is 0.0905. The minimum atomic E-state index is -2.87. The number of ether oxygens (including phenoxy) is 1. The molecular formula is C8H6F2INO3. The minimum Gasteiger partial charge on any atom is -0.505 e. The van der Waals surface area contributed by atoms with Crippen LogP contribution in [0.2, 0.25) is 0 Å². The Balaban J connectivity index is 3.35. The molecule has 1 aromatic heterocycles. The molecule has 1 N–H and O–H groups in total. The van der Waals surface area contributed by atoms with Gasteiger partial charge in [-0.05, 0) is 22.6 Å². The zero-order valence-electron chi connectivity index (χ0n) is 7.50. The molecule has 0 atom stereocenters. The van der Waals surface area contributed by atoms with E-state index in [0.29, 0.717) is 0 Å². The highest BCUT2D eigenvalue weighted by atomic mass is 127. The summed E-state index contributed by atoms with van der Waals surface area (Å²) in [5.74, 6) is -1.78. The highest BCUT2D eigenvalue weighted by Gasteiger charge is 2.24. The van der Waals surface area contributed by atoms with Crippen LogP contribution < -0.4 is 0 Å². The molecular weight excluding hydrogens is 323 g/mol. The molecule has 4 nitrogen and oxygen atoms in total. The summed E-state index contributed by atoms with van der Waals surface area (Å²) in [6.45, 7) is 0. The van der Waals surface area contributed by atoms with E-state index in [9.17, 15) is 18.7 Å². The van der Waals surface area contributed by atoms with Crippen molar-refractivity contribution in [1.29, 1.82) is 0 Å². The van der Waals surface area contributed by atoms with Crippen LogP contribution in [0.25, 0.3) is 0 Å². The van der Waals surface area contributed by atoms with Gasteiger partial charge in [0.2, 0.25) is 0 Å². The number of hydrogen-bond donors (Lipinski definition) is 1. The lowest BCUT2D eigenvalue weighted by Gasteiger charge is -2.08. The number of carbonyl (C=O) groups excluding carboxylic acids is 1. The van der Waals surface area contributed by atoms with Crippen LogP contribution in [0, 0.1) is 3.57 Å². The van der Waals surface area contributed by atoms with Gasteiger partial charge in [-0.3, -0.25) is 0 Å². The summed E-state index contributed by atoms with van der Waals surface area (Å²) in [6, 6.07) is 0. The molecule has 0 spiro atoms. The van der Waals surface area contributed by atoms with Crippen molar-refractivity contribution in [2.75, 3.05) is 7.11 Å². The number of nitrogens with zero attached hydrogens (tertiary/aromatic N) is 1. The van der Waals surface area contributed by atoms with Gasteiger partial charge in [-0.25, -0.2) is 18.6 Å². The first-order valence-electron chi connectivity index (χ1n) is 3.72. The van der Waals surface area contributed by atoms with Crippen molar-refractivity contribution in [1.82, 2.24) is 4.98 Å². The molecule has 0 bridgehead atoms. The number of aromatic nitrogens is 1. The number of alkyl halides is 2. The Labute approximate surface area is 97.4 Å². The second-order valence-corrected chi connectivity index (χ2v) is 3.67. The third kappa shape index (κ3) is 2.33. The Hall–Kier alpha value is -0.990. The zero-order chi connectivity index (χ0) is 11.6. The van der Waals surface area contributed by atoms with E-state index in [0.717, 1.165) is 13.3 Å². The Morgan fingerprint density at radius 1 is 1.67 bits per heavy atom. The molecule has 15 heavy (non-hydrogen) atoms. The molecule has 82 valence electrons. The number of carbonyl (C=O) groups is 1. The van der Waals surface area contributed by atoms with Gasteiger partial charge in [-0.1, -0.05) is 0 Å². The lowest BCUT2D eigenvalue weighted by molar-refractivity contribution is 0.0589. The van der Waals surface area contributed by atoms with Crippen LogP contribution in [0.3, 0.4) is 0 Å². The number of rotatable bonds is 2. The molecule has 0 unspecified atom stereocenters. The molecule has 0 aromatic carbocycles. The van der Waals surface area contributed by atoms with Gasteiger partial charge in [0, 0.05) is 9.77 Å². The second-order valence-electron chi connectivity index (χ2n) is 2.51. The second kappa shape index (κ2) is 4.69. The quantitative estimate of drug-likeness (QED) is 0.667. The summed E-state index contributed by atoms with van der Waals surface area (Å²) in [6.07, 6.45) is -1.79. The highest BCUT2D eigenvalue weighted by molar-refractivity contribution is 14.1. The third-order valence-corrected chi connectivity index (χ3v) is 2.50. The Morgan fingerprint density at radius 2 is 2.27 bits per heavy atom. The van der Waals surface area contributed by atoms with Gasteiger partial charge in [-0.15, -0.1) is 0 Å². The highest BCUT2D eigenvalue weighted by Crippen LogP contribution is 2.33. The topological polar surface area (TPSA) is 59.4 Å². The number of methoxy groups -OCH3 is 1. The van der Waals surface area contributed by atoms with Gasteiger partial charge in [0.1, 0.15) is 0 Å². The van der Waals surface area contributed by atoms with E-state index < -0.39 is 29.4 Å². The average molecular weight is 329 g/mol. The van der Waals surface area contributed by atoms with Crippen LogP contribution in [-0.4, -0.2) is 23.2 Å². The summed E-state index contributed by atoms with van der Waals surface area (Å²) in [5.41, 5.74) is -1.11. The smallest absolute Gasteiger partial charge is 0.360 e. The molecule has 0 fully saturated rings. The lowest BCUT2D eigenvalue weighted by Crippen LogP contribution is -2.07. The largest absolute Gasteiger partial charge is 0.505 e. The molecule has 0 radical (unpaired) electrons. The summed E-state index contributed by atoms with van der Waals surface area (Å²) >= 11 is 1.60. The predicted octanol–water partition coefficient (Wildman–Crippen LogP) is 2.12. The monoisotopic (exact) mass is 329 g/mol. The molecule has 0 aliphatic carbocycles. The van der Waals surface area contributed by atoms with E-state index in [-0.39, 0.29) is 3.57 Å². The molecule has 0 aliphatic heterocycles. The van der Waals surface area contributed by atoms with Crippen molar-refractivity contribution in [2.24, 2.45) is 0 Å².